The maximum atomic E-state index is 12.0. The number of aromatic nitrogens is 3. The van der Waals surface area contributed by atoms with Crippen LogP contribution in [0.4, 0.5) is 11.8 Å². The van der Waals surface area contributed by atoms with Crippen molar-refractivity contribution in [3.63, 3.8) is 0 Å². The van der Waals surface area contributed by atoms with Gasteiger partial charge in [0.15, 0.2) is 12.4 Å². The second kappa shape index (κ2) is 7.67. The van der Waals surface area contributed by atoms with Crippen LogP contribution in [0, 0.1) is 13.8 Å². The molecule has 0 fully saturated rings. The minimum absolute atomic E-state index is 0.176. The van der Waals surface area contributed by atoms with Crippen molar-refractivity contribution in [2.75, 3.05) is 23.4 Å². The Bertz CT molecular complexity index is 1000. The van der Waals surface area contributed by atoms with E-state index in [0.717, 1.165) is 25.2 Å². The fraction of sp³-hybridized carbons (Fsp3) is 0.300. The fourth-order valence-corrected chi connectivity index (χ4v) is 3.15. The van der Waals surface area contributed by atoms with Crippen LogP contribution in [0.25, 0.3) is 0 Å². The lowest BCUT2D eigenvalue weighted by molar-refractivity contribution is -0.118. The van der Waals surface area contributed by atoms with E-state index >= 15 is 0 Å². The molecule has 0 spiro atoms. The third-order valence-electron chi connectivity index (χ3n) is 4.48. The number of fused-ring (bicyclic) bond motifs is 1. The van der Waals surface area contributed by atoms with E-state index in [0.29, 0.717) is 23.4 Å². The van der Waals surface area contributed by atoms with Crippen LogP contribution in [0.15, 0.2) is 40.9 Å². The highest BCUT2D eigenvalue weighted by atomic mass is 16.5. The summed E-state index contributed by atoms with van der Waals surface area (Å²) in [4.78, 5) is 23.2. The Morgan fingerprint density at radius 1 is 1.21 bits per heavy atom. The molecule has 1 aliphatic rings. The lowest BCUT2D eigenvalue weighted by Crippen LogP contribution is -2.32. The van der Waals surface area contributed by atoms with E-state index in [1.807, 2.05) is 13.0 Å². The van der Waals surface area contributed by atoms with Gasteiger partial charge >= 0.3 is 0 Å². The van der Waals surface area contributed by atoms with Gasteiger partial charge in [0.05, 0.1) is 0 Å². The molecule has 1 aromatic carbocycles. The van der Waals surface area contributed by atoms with Crippen LogP contribution in [0.5, 0.6) is 5.88 Å². The Labute approximate surface area is 162 Å². The average Bonchev–Trinajstić information content (AvgIpc) is 3.10. The molecule has 1 N–H and O–H groups in total. The number of benzene rings is 1. The molecule has 3 heterocycles. The molecule has 0 saturated carbocycles. The van der Waals surface area contributed by atoms with Crippen molar-refractivity contribution in [1.29, 1.82) is 0 Å². The van der Waals surface area contributed by atoms with Crippen LogP contribution in [-0.4, -0.2) is 34.2 Å². The summed E-state index contributed by atoms with van der Waals surface area (Å²) in [5, 5.41) is 6.34. The van der Waals surface area contributed by atoms with E-state index in [1.54, 1.807) is 19.1 Å². The zero-order valence-corrected chi connectivity index (χ0v) is 15.8. The van der Waals surface area contributed by atoms with Crippen molar-refractivity contribution in [2.24, 2.45) is 0 Å². The lowest BCUT2D eigenvalue weighted by Gasteiger charge is -2.29. The number of ether oxygens (including phenoxy) is 1. The van der Waals surface area contributed by atoms with E-state index in [4.69, 9.17) is 9.26 Å². The largest absolute Gasteiger partial charge is 0.467 e. The molecule has 0 atom stereocenters. The minimum Gasteiger partial charge on any atom is -0.467 e. The number of nitrogens with one attached hydrogen (secondary N) is 1. The predicted molar refractivity (Wildman–Crippen MR) is 103 cm³/mol. The molecule has 0 aliphatic carbocycles. The second-order valence-electron chi connectivity index (χ2n) is 6.75. The number of amides is 1. The first-order chi connectivity index (χ1) is 13.6. The molecule has 0 bridgehead atoms. The predicted octanol–water partition coefficient (Wildman–Crippen LogP) is 2.66. The molecule has 2 aromatic heterocycles. The average molecular weight is 379 g/mol. The summed E-state index contributed by atoms with van der Waals surface area (Å²) in [5.41, 5.74) is 3.43. The van der Waals surface area contributed by atoms with E-state index in [2.05, 4.69) is 43.5 Å². The Balaban J connectivity index is 1.42. The quantitative estimate of drug-likeness (QED) is 0.728. The molecule has 1 amide bonds. The number of nitrogens with zero attached hydrogens (tertiary/aromatic N) is 4. The highest BCUT2D eigenvalue weighted by molar-refractivity contribution is 5.90. The van der Waals surface area contributed by atoms with Gasteiger partial charge in [0.25, 0.3) is 5.91 Å². The molecule has 28 heavy (non-hydrogen) atoms. The van der Waals surface area contributed by atoms with Gasteiger partial charge in [-0.05, 0) is 31.4 Å². The zero-order valence-electron chi connectivity index (χ0n) is 15.8. The molecule has 0 saturated heterocycles. The number of rotatable bonds is 5. The summed E-state index contributed by atoms with van der Waals surface area (Å²) in [6.45, 7) is 5.05. The summed E-state index contributed by atoms with van der Waals surface area (Å²) in [6.07, 6.45) is 0.948. The number of carbonyl (C=O) groups excluding carboxylic acids is 1. The first-order valence-corrected chi connectivity index (χ1v) is 9.10. The molecule has 144 valence electrons. The Kier molecular flexibility index (Phi) is 4.92. The summed E-state index contributed by atoms with van der Waals surface area (Å²) < 4.78 is 10.5. The van der Waals surface area contributed by atoms with E-state index < -0.39 is 0 Å². The van der Waals surface area contributed by atoms with Crippen LogP contribution in [-0.2, 0) is 17.8 Å². The van der Waals surface area contributed by atoms with E-state index in [-0.39, 0.29) is 12.5 Å². The van der Waals surface area contributed by atoms with Gasteiger partial charge in [-0.2, -0.15) is 4.98 Å². The normalized spacial score (nSPS) is 13.1. The van der Waals surface area contributed by atoms with Crippen LogP contribution >= 0.6 is 0 Å². The van der Waals surface area contributed by atoms with E-state index in [9.17, 15) is 4.79 Å². The molecule has 0 radical (unpaired) electrons. The maximum Gasteiger partial charge on any atom is 0.263 e. The monoisotopic (exact) mass is 379 g/mol. The van der Waals surface area contributed by atoms with Crippen LogP contribution in [0.3, 0.4) is 0 Å². The second-order valence-corrected chi connectivity index (χ2v) is 6.75. The molecular weight excluding hydrogens is 358 g/mol. The molecule has 8 heteroatoms. The van der Waals surface area contributed by atoms with Gasteiger partial charge in [-0.25, -0.2) is 4.98 Å². The molecular formula is C20H21N5O3. The molecule has 8 nitrogen and oxygen atoms in total. The Morgan fingerprint density at radius 3 is 2.82 bits per heavy atom. The first kappa shape index (κ1) is 18.0. The molecule has 0 unspecified atom stereocenters. The topological polar surface area (TPSA) is 93.4 Å². The number of hydrogen-bond donors (Lipinski definition) is 1. The number of aryl methyl sites for hydroxylation is 2. The van der Waals surface area contributed by atoms with Crippen molar-refractivity contribution < 1.29 is 14.1 Å². The minimum atomic E-state index is -0.335. The van der Waals surface area contributed by atoms with Crippen molar-refractivity contribution >= 4 is 17.7 Å². The zero-order chi connectivity index (χ0) is 19.5. The summed E-state index contributed by atoms with van der Waals surface area (Å²) in [7, 11) is 0. The number of anilines is 2. The van der Waals surface area contributed by atoms with Gasteiger partial charge in [-0.15, -0.1) is 0 Å². The van der Waals surface area contributed by atoms with Crippen molar-refractivity contribution in [2.45, 2.75) is 26.8 Å². The smallest absolute Gasteiger partial charge is 0.263 e. The maximum absolute atomic E-state index is 12.0. The van der Waals surface area contributed by atoms with Crippen LogP contribution < -0.4 is 15.0 Å². The third-order valence-corrected chi connectivity index (χ3v) is 4.48. The fourth-order valence-electron chi connectivity index (χ4n) is 3.15. The highest BCUT2D eigenvalue weighted by Gasteiger charge is 2.19. The van der Waals surface area contributed by atoms with Gasteiger partial charge in [0.1, 0.15) is 5.76 Å². The van der Waals surface area contributed by atoms with Gasteiger partial charge in [0.2, 0.25) is 11.8 Å². The number of hydrogen-bond acceptors (Lipinski definition) is 7. The summed E-state index contributed by atoms with van der Waals surface area (Å²) in [6, 6.07) is 11.8. The lowest BCUT2D eigenvalue weighted by atomic mass is 10.0. The molecule has 4 rings (SSSR count). The van der Waals surface area contributed by atoms with E-state index in [1.165, 1.54) is 11.1 Å². The number of carbonyl (C=O) groups is 1. The van der Waals surface area contributed by atoms with Gasteiger partial charge < -0.3 is 19.5 Å². The molecule has 3 aromatic rings. The standard InChI is InChI=1S/C20H21N5O3/c1-13-9-19(27-12-18(26)22-17-10-14(2)28-24-17)23-20(21-13)25-8-7-15-5-3-4-6-16(15)11-25/h3-6,9-10H,7-8,11-12H2,1-2H3,(H,22,24,26). The van der Waals surface area contributed by atoms with Gasteiger partial charge in [-0.1, -0.05) is 29.4 Å². The van der Waals surface area contributed by atoms with Crippen molar-refractivity contribution in [3.05, 3.63) is 59.0 Å². The van der Waals surface area contributed by atoms with Crippen LogP contribution in [0.1, 0.15) is 22.6 Å². The highest BCUT2D eigenvalue weighted by Crippen LogP contribution is 2.23. The van der Waals surface area contributed by atoms with Crippen molar-refractivity contribution in [3.8, 4) is 5.88 Å². The molecule has 1 aliphatic heterocycles. The Morgan fingerprint density at radius 2 is 2.04 bits per heavy atom. The first-order valence-electron chi connectivity index (χ1n) is 9.10. The van der Waals surface area contributed by atoms with Gasteiger partial charge in [-0.3, -0.25) is 4.79 Å². The summed E-state index contributed by atoms with van der Waals surface area (Å²) >= 11 is 0. The van der Waals surface area contributed by atoms with Crippen LogP contribution in [0.2, 0.25) is 0 Å². The SMILES string of the molecule is Cc1cc(OCC(=O)Nc2cc(C)on2)nc(N2CCc3ccccc3C2)n1. The summed E-state index contributed by atoms with van der Waals surface area (Å²) in [5.74, 6) is 1.62. The van der Waals surface area contributed by atoms with Crippen molar-refractivity contribution in [1.82, 2.24) is 15.1 Å². The van der Waals surface area contributed by atoms with Gasteiger partial charge in [0, 0.05) is 30.9 Å². The Hall–Kier alpha value is -3.42. The third kappa shape index (κ3) is 4.11.